The molecule has 9 heteroatoms. The zero-order chi connectivity index (χ0) is 22.8. The summed E-state index contributed by atoms with van der Waals surface area (Å²) in [5.41, 5.74) is 0.915. The largest absolute Gasteiger partial charge is 0.507 e. The van der Waals surface area contributed by atoms with Crippen molar-refractivity contribution >= 4 is 27.6 Å². The van der Waals surface area contributed by atoms with Crippen molar-refractivity contribution in [3.8, 4) is 5.75 Å². The van der Waals surface area contributed by atoms with Crippen LogP contribution in [0.25, 0.3) is 0 Å². The summed E-state index contributed by atoms with van der Waals surface area (Å²) in [5, 5.41) is 18.9. The quantitative estimate of drug-likeness (QED) is 0.692. The van der Waals surface area contributed by atoms with Crippen LogP contribution in [0.1, 0.15) is 40.1 Å². The Balaban J connectivity index is 2.62. The predicted octanol–water partition coefficient (Wildman–Crippen LogP) is 2.95. The van der Waals surface area contributed by atoms with Gasteiger partial charge < -0.3 is 15.1 Å². The Kier molecular flexibility index (Phi) is 6.77. The highest BCUT2D eigenvalue weighted by atomic mass is 32.2. The van der Waals surface area contributed by atoms with Crippen LogP contribution in [0.15, 0.2) is 41.3 Å². The molecule has 1 amide bonds. The maximum Gasteiger partial charge on any atom is 0.339 e. The molecule has 2 rings (SSSR count). The van der Waals surface area contributed by atoms with E-state index in [0.717, 1.165) is 12.1 Å². The molecule has 2 aromatic carbocycles. The molecular weight excluding hydrogens is 408 g/mol. The van der Waals surface area contributed by atoms with Crippen molar-refractivity contribution < 1.29 is 28.2 Å². The molecule has 2 aromatic rings. The minimum Gasteiger partial charge on any atom is -0.507 e. The van der Waals surface area contributed by atoms with Gasteiger partial charge in [0.1, 0.15) is 11.3 Å². The first-order valence-electron chi connectivity index (χ1n) is 9.27. The topological polar surface area (TPSA) is 115 Å². The number of hydrogen-bond acceptors (Lipinski definition) is 5. The Morgan fingerprint density at radius 3 is 2.20 bits per heavy atom. The maximum absolute atomic E-state index is 13.4. The van der Waals surface area contributed by atoms with Gasteiger partial charge in [-0.1, -0.05) is 13.8 Å². The van der Waals surface area contributed by atoms with E-state index in [0.29, 0.717) is 16.8 Å². The summed E-state index contributed by atoms with van der Waals surface area (Å²) in [7, 11) is -0.869. The number of aromatic carboxylic acids is 1. The number of aryl methyl sites for hydroxylation is 1. The summed E-state index contributed by atoms with van der Waals surface area (Å²) in [5.74, 6) is -2.17. The summed E-state index contributed by atoms with van der Waals surface area (Å²) in [6.07, 6.45) is 0. The van der Waals surface area contributed by atoms with Gasteiger partial charge in [-0.05, 0) is 54.8 Å². The molecule has 0 saturated carbocycles. The van der Waals surface area contributed by atoms with Crippen LogP contribution in [0, 0.1) is 12.8 Å². The molecule has 0 saturated heterocycles. The first kappa shape index (κ1) is 23.2. The van der Waals surface area contributed by atoms with Crippen molar-refractivity contribution in [3.05, 3.63) is 53.1 Å². The van der Waals surface area contributed by atoms with Crippen LogP contribution < -0.4 is 4.31 Å². The molecule has 0 aliphatic carbocycles. The summed E-state index contributed by atoms with van der Waals surface area (Å²) in [4.78, 5) is 24.7. The van der Waals surface area contributed by atoms with Gasteiger partial charge >= 0.3 is 5.97 Å². The summed E-state index contributed by atoms with van der Waals surface area (Å²) in [6, 6.07) is 7.93. The minimum atomic E-state index is -4.13. The average molecular weight is 435 g/mol. The number of sulfonamides is 1. The Labute approximate surface area is 176 Å². The van der Waals surface area contributed by atoms with Crippen LogP contribution in [-0.2, 0) is 10.0 Å². The van der Waals surface area contributed by atoms with Crippen molar-refractivity contribution in [1.29, 1.82) is 0 Å². The minimum absolute atomic E-state index is 0.0293. The van der Waals surface area contributed by atoms with Crippen molar-refractivity contribution in [1.82, 2.24) is 4.90 Å². The van der Waals surface area contributed by atoms with Gasteiger partial charge in [-0.2, -0.15) is 0 Å². The number of nitrogens with zero attached hydrogens (tertiary/aromatic N) is 2. The zero-order valence-electron chi connectivity index (χ0n) is 17.6. The molecule has 162 valence electrons. The molecule has 30 heavy (non-hydrogen) atoms. The average Bonchev–Trinajstić information content (AvgIpc) is 2.65. The fourth-order valence-corrected chi connectivity index (χ4v) is 4.68. The number of carboxylic acids is 1. The number of anilines is 1. The second-order valence-electron chi connectivity index (χ2n) is 7.61. The van der Waals surface area contributed by atoms with E-state index in [1.165, 1.54) is 15.3 Å². The first-order valence-corrected chi connectivity index (χ1v) is 10.7. The Bertz CT molecular complexity index is 1080. The highest BCUT2D eigenvalue weighted by Gasteiger charge is 2.29. The zero-order valence-corrected chi connectivity index (χ0v) is 18.4. The second kappa shape index (κ2) is 8.74. The van der Waals surface area contributed by atoms with Crippen LogP contribution in [0.4, 0.5) is 5.69 Å². The molecule has 0 spiro atoms. The van der Waals surface area contributed by atoms with Gasteiger partial charge in [-0.15, -0.1) is 0 Å². The SMILES string of the molecule is Cc1cc(C(=O)N(C)C)ccc1N(CC(C)C)S(=O)(=O)c1ccc(O)c(C(=O)O)c1. The molecule has 0 aromatic heterocycles. The molecular formula is C21H26N2O6S. The summed E-state index contributed by atoms with van der Waals surface area (Å²) < 4.78 is 28.0. The third-order valence-electron chi connectivity index (χ3n) is 4.44. The van der Waals surface area contributed by atoms with E-state index in [-0.39, 0.29) is 23.3 Å². The van der Waals surface area contributed by atoms with Crippen LogP contribution >= 0.6 is 0 Å². The van der Waals surface area contributed by atoms with Gasteiger partial charge in [0.05, 0.1) is 10.6 Å². The molecule has 0 bridgehead atoms. The fourth-order valence-electron chi connectivity index (χ4n) is 2.96. The van der Waals surface area contributed by atoms with Crippen molar-refractivity contribution in [2.24, 2.45) is 5.92 Å². The van der Waals surface area contributed by atoms with Crippen molar-refractivity contribution in [2.75, 3.05) is 24.9 Å². The number of phenols is 1. The lowest BCUT2D eigenvalue weighted by Gasteiger charge is -2.28. The molecule has 0 atom stereocenters. The molecule has 0 aliphatic heterocycles. The Hall–Kier alpha value is -3.07. The lowest BCUT2D eigenvalue weighted by molar-refractivity contribution is 0.0693. The van der Waals surface area contributed by atoms with E-state index in [2.05, 4.69) is 0 Å². The molecule has 8 nitrogen and oxygen atoms in total. The molecule has 0 fully saturated rings. The van der Waals surface area contributed by atoms with E-state index in [4.69, 9.17) is 0 Å². The van der Waals surface area contributed by atoms with Crippen LogP contribution in [-0.4, -0.2) is 56.0 Å². The fraction of sp³-hybridized carbons (Fsp3) is 0.333. The van der Waals surface area contributed by atoms with Crippen LogP contribution in [0.5, 0.6) is 5.75 Å². The number of rotatable bonds is 7. The second-order valence-corrected chi connectivity index (χ2v) is 9.48. The van der Waals surface area contributed by atoms with Gasteiger partial charge in [-0.3, -0.25) is 9.10 Å². The van der Waals surface area contributed by atoms with Gasteiger partial charge in [0.15, 0.2) is 0 Å². The van der Waals surface area contributed by atoms with Crippen molar-refractivity contribution in [3.63, 3.8) is 0 Å². The van der Waals surface area contributed by atoms with Crippen LogP contribution in [0.3, 0.4) is 0 Å². The number of hydrogen-bond donors (Lipinski definition) is 2. The van der Waals surface area contributed by atoms with Gasteiger partial charge in [0.2, 0.25) is 0 Å². The molecule has 0 aliphatic rings. The van der Waals surface area contributed by atoms with Gasteiger partial charge in [-0.25, -0.2) is 13.2 Å². The third kappa shape index (κ3) is 4.73. The van der Waals surface area contributed by atoms with E-state index < -0.39 is 27.3 Å². The first-order chi connectivity index (χ1) is 13.9. The molecule has 0 unspecified atom stereocenters. The van der Waals surface area contributed by atoms with Gasteiger partial charge in [0.25, 0.3) is 15.9 Å². The summed E-state index contributed by atoms with van der Waals surface area (Å²) in [6.45, 7) is 5.58. The van der Waals surface area contributed by atoms with E-state index in [1.54, 1.807) is 39.2 Å². The third-order valence-corrected chi connectivity index (χ3v) is 6.21. The number of aromatic hydroxyl groups is 1. The highest BCUT2D eigenvalue weighted by Crippen LogP contribution is 2.31. The van der Waals surface area contributed by atoms with Crippen molar-refractivity contribution in [2.45, 2.75) is 25.7 Å². The Morgan fingerprint density at radius 1 is 1.07 bits per heavy atom. The summed E-state index contributed by atoms with van der Waals surface area (Å²) >= 11 is 0. The standard InChI is InChI=1S/C21H26N2O6S/c1-13(2)12-23(18-8-6-15(10-14(18)3)20(25)22(4)5)30(28,29)16-7-9-19(24)17(11-16)21(26)27/h6-11,13,24H,12H2,1-5H3,(H,26,27). The predicted molar refractivity (Wildman–Crippen MR) is 114 cm³/mol. The number of carbonyl (C=O) groups is 2. The van der Waals surface area contributed by atoms with E-state index >= 15 is 0 Å². The Morgan fingerprint density at radius 2 is 1.70 bits per heavy atom. The number of amides is 1. The normalized spacial score (nSPS) is 11.4. The number of carbonyl (C=O) groups excluding carboxylic acids is 1. The lowest BCUT2D eigenvalue weighted by Crippen LogP contribution is -2.35. The highest BCUT2D eigenvalue weighted by molar-refractivity contribution is 7.92. The molecule has 0 heterocycles. The van der Waals surface area contributed by atoms with Crippen LogP contribution in [0.2, 0.25) is 0 Å². The lowest BCUT2D eigenvalue weighted by atomic mass is 10.1. The molecule has 0 radical (unpaired) electrons. The number of carboxylic acid groups (broad SMARTS) is 1. The molecule has 2 N–H and O–H groups in total. The monoisotopic (exact) mass is 434 g/mol. The van der Waals surface area contributed by atoms with Gasteiger partial charge in [0, 0.05) is 26.2 Å². The number of benzene rings is 2. The maximum atomic E-state index is 13.4. The van der Waals surface area contributed by atoms with E-state index in [1.807, 2.05) is 13.8 Å². The smallest absolute Gasteiger partial charge is 0.339 e. The van der Waals surface area contributed by atoms with E-state index in [9.17, 15) is 28.2 Å².